The van der Waals surface area contributed by atoms with Crippen LogP contribution in [0.15, 0.2) is 0 Å². The van der Waals surface area contributed by atoms with Gasteiger partial charge in [-0.2, -0.15) is 0 Å². The molecule has 0 bridgehead atoms. The van der Waals surface area contributed by atoms with Crippen molar-refractivity contribution < 1.29 is 4.79 Å². The van der Waals surface area contributed by atoms with Gasteiger partial charge in [-0.15, -0.1) is 0 Å². The molecule has 4 unspecified atom stereocenters. The zero-order valence-electron chi connectivity index (χ0n) is 10.1. The summed E-state index contributed by atoms with van der Waals surface area (Å²) in [6.45, 7) is 2.98. The lowest BCUT2D eigenvalue weighted by atomic mass is 10.0. The average molecular weight is 222 g/mol. The van der Waals surface area contributed by atoms with Crippen molar-refractivity contribution in [2.24, 2.45) is 23.5 Å². The molecule has 0 aromatic heterocycles. The van der Waals surface area contributed by atoms with E-state index in [1.807, 2.05) is 4.90 Å². The molecule has 2 N–H and O–H groups in total. The molecule has 2 aliphatic carbocycles. The lowest BCUT2D eigenvalue weighted by Gasteiger charge is -2.23. The highest BCUT2D eigenvalue weighted by Gasteiger charge is 2.56. The first kappa shape index (κ1) is 10.6. The number of likely N-dealkylation sites (tertiary alicyclic amines) is 1. The Hall–Kier alpha value is -0.570. The van der Waals surface area contributed by atoms with Crippen LogP contribution in [0.4, 0.5) is 0 Å². The van der Waals surface area contributed by atoms with Crippen LogP contribution in [-0.4, -0.2) is 29.4 Å². The number of nitrogens with two attached hydrogens (primary N) is 1. The first-order valence-electron chi connectivity index (χ1n) is 6.76. The van der Waals surface area contributed by atoms with Crippen molar-refractivity contribution >= 4 is 5.91 Å². The van der Waals surface area contributed by atoms with Crippen LogP contribution in [0, 0.1) is 17.8 Å². The van der Waals surface area contributed by atoms with Gasteiger partial charge in [-0.1, -0.05) is 12.8 Å². The van der Waals surface area contributed by atoms with Gasteiger partial charge in [0.15, 0.2) is 0 Å². The van der Waals surface area contributed by atoms with Crippen LogP contribution >= 0.6 is 0 Å². The van der Waals surface area contributed by atoms with Gasteiger partial charge >= 0.3 is 0 Å². The Morgan fingerprint density at radius 3 is 2.31 bits per heavy atom. The summed E-state index contributed by atoms with van der Waals surface area (Å²) in [4.78, 5) is 14.4. The maximum atomic E-state index is 12.4. The topological polar surface area (TPSA) is 46.3 Å². The molecule has 3 nitrogen and oxygen atoms in total. The molecule has 1 aliphatic heterocycles. The van der Waals surface area contributed by atoms with E-state index in [1.165, 1.54) is 25.7 Å². The molecular weight excluding hydrogens is 200 g/mol. The molecular formula is C13H22N2O. The maximum absolute atomic E-state index is 12.4. The molecule has 1 saturated heterocycles. The number of carbonyl (C=O) groups is 1. The number of hydrogen-bond acceptors (Lipinski definition) is 2. The summed E-state index contributed by atoms with van der Waals surface area (Å²) < 4.78 is 0. The highest BCUT2D eigenvalue weighted by molar-refractivity contribution is 5.83. The minimum absolute atomic E-state index is 0.199. The smallest absolute Gasteiger partial charge is 0.226 e. The van der Waals surface area contributed by atoms with Crippen molar-refractivity contribution in [2.75, 3.05) is 6.54 Å². The average Bonchev–Trinajstić information content (AvgIpc) is 2.93. The molecule has 3 heteroatoms. The van der Waals surface area contributed by atoms with Crippen molar-refractivity contribution in [1.29, 1.82) is 0 Å². The van der Waals surface area contributed by atoms with Crippen LogP contribution in [0.5, 0.6) is 0 Å². The fraction of sp³-hybridized carbons (Fsp3) is 0.923. The van der Waals surface area contributed by atoms with Gasteiger partial charge in [-0.25, -0.2) is 0 Å². The van der Waals surface area contributed by atoms with Crippen molar-refractivity contribution in [1.82, 2.24) is 4.90 Å². The molecule has 3 fully saturated rings. The summed E-state index contributed by atoms with van der Waals surface area (Å²) in [5.41, 5.74) is 5.98. The molecule has 90 valence electrons. The van der Waals surface area contributed by atoms with Gasteiger partial charge in [0.25, 0.3) is 0 Å². The zero-order chi connectivity index (χ0) is 11.3. The van der Waals surface area contributed by atoms with Crippen LogP contribution in [0.2, 0.25) is 0 Å². The van der Waals surface area contributed by atoms with E-state index in [9.17, 15) is 4.79 Å². The zero-order valence-corrected chi connectivity index (χ0v) is 10.1. The van der Waals surface area contributed by atoms with Crippen LogP contribution in [-0.2, 0) is 4.79 Å². The summed E-state index contributed by atoms with van der Waals surface area (Å²) in [6, 6.07) is 0.458. The van der Waals surface area contributed by atoms with Crippen LogP contribution in [0.25, 0.3) is 0 Å². The number of hydrogen-bond donors (Lipinski definition) is 1. The monoisotopic (exact) mass is 222 g/mol. The normalized spacial score (nSPS) is 46.6. The van der Waals surface area contributed by atoms with E-state index in [0.29, 0.717) is 11.8 Å². The fourth-order valence-electron chi connectivity index (χ4n) is 3.83. The van der Waals surface area contributed by atoms with Crippen molar-refractivity contribution in [3.8, 4) is 0 Å². The second kappa shape index (κ2) is 3.73. The van der Waals surface area contributed by atoms with Crippen LogP contribution in [0.3, 0.4) is 0 Å². The van der Waals surface area contributed by atoms with E-state index in [-0.39, 0.29) is 12.1 Å². The van der Waals surface area contributed by atoms with Crippen LogP contribution < -0.4 is 5.73 Å². The standard InChI is InChI=1S/C13H22N2O/c1-8-11(14)6-7-15(8)13(16)12-9-4-2-3-5-10(9)12/h8-12H,2-7,14H2,1H3. The van der Waals surface area contributed by atoms with E-state index in [0.717, 1.165) is 24.8 Å². The fourth-order valence-corrected chi connectivity index (χ4v) is 3.83. The van der Waals surface area contributed by atoms with Gasteiger partial charge in [-0.3, -0.25) is 4.79 Å². The van der Waals surface area contributed by atoms with Gasteiger partial charge in [-0.05, 0) is 38.0 Å². The second-order valence-corrected chi connectivity index (χ2v) is 5.86. The third-order valence-electron chi connectivity index (χ3n) is 5.04. The van der Waals surface area contributed by atoms with Gasteiger partial charge < -0.3 is 10.6 Å². The molecule has 0 spiro atoms. The van der Waals surface area contributed by atoms with Crippen molar-refractivity contribution in [3.63, 3.8) is 0 Å². The third-order valence-corrected chi connectivity index (χ3v) is 5.04. The van der Waals surface area contributed by atoms with Crippen molar-refractivity contribution in [3.05, 3.63) is 0 Å². The molecule has 3 aliphatic rings. The Kier molecular flexibility index (Phi) is 2.46. The van der Waals surface area contributed by atoms with E-state index < -0.39 is 0 Å². The van der Waals surface area contributed by atoms with Crippen LogP contribution in [0.1, 0.15) is 39.0 Å². The third kappa shape index (κ3) is 1.48. The summed E-state index contributed by atoms with van der Waals surface area (Å²) in [7, 11) is 0. The summed E-state index contributed by atoms with van der Waals surface area (Å²) in [5, 5.41) is 0. The van der Waals surface area contributed by atoms with Gasteiger partial charge in [0, 0.05) is 24.5 Å². The first-order valence-corrected chi connectivity index (χ1v) is 6.76. The highest BCUT2D eigenvalue weighted by Crippen LogP contribution is 2.56. The SMILES string of the molecule is CC1C(N)CCN1C(=O)C1C2CCCCC21. The molecule has 1 amide bonds. The largest absolute Gasteiger partial charge is 0.338 e. The van der Waals surface area contributed by atoms with Gasteiger partial charge in [0.05, 0.1) is 0 Å². The number of nitrogens with zero attached hydrogens (tertiary/aromatic N) is 1. The van der Waals surface area contributed by atoms with E-state index in [1.54, 1.807) is 0 Å². The van der Waals surface area contributed by atoms with Gasteiger partial charge in [0.1, 0.15) is 0 Å². The molecule has 0 aromatic rings. The second-order valence-electron chi connectivity index (χ2n) is 5.86. The molecule has 0 aromatic carbocycles. The predicted octanol–water partition coefficient (Wildman–Crippen LogP) is 1.37. The Morgan fingerprint density at radius 1 is 1.19 bits per heavy atom. The molecule has 0 radical (unpaired) electrons. The Balaban J connectivity index is 1.66. The maximum Gasteiger partial charge on any atom is 0.226 e. The summed E-state index contributed by atoms with van der Waals surface area (Å²) >= 11 is 0. The minimum atomic E-state index is 0.199. The van der Waals surface area contributed by atoms with E-state index in [2.05, 4.69) is 6.92 Å². The summed E-state index contributed by atoms with van der Waals surface area (Å²) in [5.74, 6) is 2.24. The Bertz CT molecular complexity index is 292. The lowest BCUT2D eigenvalue weighted by Crippen LogP contribution is -2.41. The van der Waals surface area contributed by atoms with Gasteiger partial charge in [0.2, 0.25) is 5.91 Å². The van der Waals surface area contributed by atoms with Crippen molar-refractivity contribution in [2.45, 2.75) is 51.1 Å². The summed E-state index contributed by atoms with van der Waals surface area (Å²) in [6.07, 6.45) is 6.22. The first-order chi connectivity index (χ1) is 7.70. The lowest BCUT2D eigenvalue weighted by molar-refractivity contribution is -0.133. The van der Waals surface area contributed by atoms with E-state index >= 15 is 0 Å². The number of fused-ring (bicyclic) bond motifs is 1. The highest BCUT2D eigenvalue weighted by atomic mass is 16.2. The number of amides is 1. The molecule has 2 saturated carbocycles. The minimum Gasteiger partial charge on any atom is -0.338 e. The predicted molar refractivity (Wildman–Crippen MR) is 62.7 cm³/mol. The van der Waals surface area contributed by atoms with E-state index in [4.69, 9.17) is 5.73 Å². The molecule has 3 rings (SSSR count). The number of rotatable bonds is 1. The quantitative estimate of drug-likeness (QED) is 0.728. The molecule has 1 heterocycles. The number of carbonyl (C=O) groups excluding carboxylic acids is 1. The molecule has 4 atom stereocenters. The Morgan fingerprint density at radius 2 is 1.81 bits per heavy atom. The molecule has 16 heavy (non-hydrogen) atoms. The Labute approximate surface area is 97.4 Å².